The molecule has 90 valence electrons. The van der Waals surface area contributed by atoms with Crippen LogP contribution in [0.3, 0.4) is 0 Å². The van der Waals surface area contributed by atoms with E-state index in [0.717, 1.165) is 35.3 Å². The third-order valence-electron chi connectivity index (χ3n) is 3.05. The van der Waals surface area contributed by atoms with E-state index in [1.54, 1.807) is 11.5 Å². The van der Waals surface area contributed by atoms with Gasteiger partial charge in [-0.2, -0.15) is 4.37 Å². The summed E-state index contributed by atoms with van der Waals surface area (Å²) in [6.45, 7) is 6.54. The Morgan fingerprint density at radius 1 is 1.44 bits per heavy atom. The summed E-state index contributed by atoms with van der Waals surface area (Å²) in [5.41, 5.74) is 0. The number of hydrogen-bond donors (Lipinski definition) is 0. The smallest absolute Gasteiger partial charge is 0.205 e. The lowest BCUT2D eigenvalue weighted by Crippen LogP contribution is -2.34. The number of hydrogen-bond acceptors (Lipinski definition) is 4. The summed E-state index contributed by atoms with van der Waals surface area (Å²) in [4.78, 5) is 6.98. The lowest BCUT2D eigenvalue weighted by Gasteiger charge is -2.30. The molecule has 16 heavy (non-hydrogen) atoms. The molecular formula is C11H18BrN3S. The number of alkyl halides is 1. The first-order valence-electron chi connectivity index (χ1n) is 5.85. The number of piperidine rings is 1. The van der Waals surface area contributed by atoms with Crippen molar-refractivity contribution in [1.82, 2.24) is 9.36 Å². The molecule has 0 unspecified atom stereocenters. The van der Waals surface area contributed by atoms with Gasteiger partial charge in [-0.1, -0.05) is 29.8 Å². The van der Waals surface area contributed by atoms with Crippen LogP contribution in [-0.4, -0.2) is 27.8 Å². The number of nitrogens with zero attached hydrogens (tertiary/aromatic N) is 3. The fourth-order valence-electron chi connectivity index (χ4n) is 1.87. The van der Waals surface area contributed by atoms with Crippen LogP contribution in [0.25, 0.3) is 0 Å². The fourth-order valence-corrected chi connectivity index (χ4v) is 3.37. The molecule has 1 fully saturated rings. The van der Waals surface area contributed by atoms with Gasteiger partial charge < -0.3 is 4.90 Å². The van der Waals surface area contributed by atoms with Gasteiger partial charge in [-0.25, -0.2) is 4.98 Å². The van der Waals surface area contributed by atoms with Gasteiger partial charge in [0, 0.05) is 35.9 Å². The summed E-state index contributed by atoms with van der Waals surface area (Å²) < 4.78 is 4.41. The van der Waals surface area contributed by atoms with Gasteiger partial charge in [-0.05, 0) is 18.8 Å². The van der Waals surface area contributed by atoms with Crippen molar-refractivity contribution in [3.8, 4) is 0 Å². The molecule has 0 amide bonds. The minimum atomic E-state index is 0.435. The van der Waals surface area contributed by atoms with Crippen LogP contribution in [0.15, 0.2) is 0 Å². The van der Waals surface area contributed by atoms with Gasteiger partial charge >= 0.3 is 0 Å². The second-order valence-corrected chi connectivity index (χ2v) is 6.05. The number of halogens is 1. The Labute approximate surface area is 110 Å². The summed E-state index contributed by atoms with van der Waals surface area (Å²) in [6, 6.07) is 0. The van der Waals surface area contributed by atoms with Gasteiger partial charge in [0.05, 0.1) is 0 Å². The quantitative estimate of drug-likeness (QED) is 0.803. The average molecular weight is 304 g/mol. The third-order valence-corrected chi connectivity index (χ3v) is 4.76. The second kappa shape index (κ2) is 5.45. The number of rotatable bonds is 3. The Hall–Kier alpha value is -0.160. The van der Waals surface area contributed by atoms with E-state index in [-0.39, 0.29) is 0 Å². The van der Waals surface area contributed by atoms with Crippen molar-refractivity contribution in [2.75, 3.05) is 23.3 Å². The van der Waals surface area contributed by atoms with E-state index >= 15 is 0 Å². The minimum absolute atomic E-state index is 0.435. The molecule has 0 atom stereocenters. The Morgan fingerprint density at radius 2 is 2.12 bits per heavy atom. The molecule has 0 radical (unpaired) electrons. The highest BCUT2D eigenvalue weighted by Crippen LogP contribution is 2.26. The maximum Gasteiger partial charge on any atom is 0.205 e. The van der Waals surface area contributed by atoms with Crippen LogP contribution in [-0.2, 0) is 0 Å². The normalized spacial score (nSPS) is 18.4. The predicted molar refractivity (Wildman–Crippen MR) is 72.7 cm³/mol. The van der Waals surface area contributed by atoms with Crippen LogP contribution in [0.2, 0.25) is 0 Å². The Kier molecular flexibility index (Phi) is 4.19. The van der Waals surface area contributed by atoms with Gasteiger partial charge in [0.25, 0.3) is 0 Å². The van der Waals surface area contributed by atoms with Gasteiger partial charge in [-0.15, -0.1) is 0 Å². The Balaban J connectivity index is 1.97. The zero-order valence-electron chi connectivity index (χ0n) is 9.82. The summed E-state index contributed by atoms with van der Waals surface area (Å²) >= 11 is 5.11. The average Bonchev–Trinajstić information content (AvgIpc) is 2.78. The van der Waals surface area contributed by atoms with E-state index in [4.69, 9.17) is 0 Å². The second-order valence-electron chi connectivity index (χ2n) is 4.67. The van der Waals surface area contributed by atoms with Crippen molar-refractivity contribution in [2.24, 2.45) is 5.92 Å². The topological polar surface area (TPSA) is 29.0 Å². The maximum absolute atomic E-state index is 4.61. The van der Waals surface area contributed by atoms with Crippen molar-refractivity contribution < 1.29 is 0 Å². The molecule has 0 spiro atoms. The summed E-state index contributed by atoms with van der Waals surface area (Å²) in [5, 5.41) is 2.24. The van der Waals surface area contributed by atoms with Crippen LogP contribution >= 0.6 is 27.5 Å². The largest absolute Gasteiger partial charge is 0.347 e. The van der Waals surface area contributed by atoms with Crippen LogP contribution in [0, 0.1) is 5.92 Å². The van der Waals surface area contributed by atoms with E-state index < -0.39 is 0 Å². The summed E-state index contributed by atoms with van der Waals surface area (Å²) in [7, 11) is 0. The number of anilines is 1. The first kappa shape index (κ1) is 12.3. The standard InChI is InChI=1S/C11H18BrN3S/c1-8(2)10-13-11(16-14-10)15-5-3-9(7-12)4-6-15/h8-9H,3-7H2,1-2H3. The molecule has 3 nitrogen and oxygen atoms in total. The van der Waals surface area contributed by atoms with Crippen molar-refractivity contribution in [3.63, 3.8) is 0 Å². The van der Waals surface area contributed by atoms with Gasteiger partial charge in [0.15, 0.2) is 0 Å². The van der Waals surface area contributed by atoms with Crippen molar-refractivity contribution >= 4 is 32.6 Å². The molecule has 2 rings (SSSR count). The molecule has 0 aliphatic carbocycles. The zero-order valence-corrected chi connectivity index (χ0v) is 12.2. The molecule has 0 saturated carbocycles. The number of aromatic nitrogens is 2. The summed E-state index contributed by atoms with van der Waals surface area (Å²) in [5.74, 6) is 2.27. The molecular weight excluding hydrogens is 286 g/mol. The molecule has 1 aliphatic heterocycles. The molecule has 5 heteroatoms. The monoisotopic (exact) mass is 303 g/mol. The highest BCUT2D eigenvalue weighted by Gasteiger charge is 2.21. The molecule has 0 N–H and O–H groups in total. The lowest BCUT2D eigenvalue weighted by molar-refractivity contribution is 0.446. The van der Waals surface area contributed by atoms with E-state index in [1.165, 1.54) is 12.8 Å². The van der Waals surface area contributed by atoms with Crippen molar-refractivity contribution in [2.45, 2.75) is 32.6 Å². The Morgan fingerprint density at radius 3 is 2.62 bits per heavy atom. The summed E-state index contributed by atoms with van der Waals surface area (Å²) in [6.07, 6.45) is 2.53. The maximum atomic E-state index is 4.61. The van der Waals surface area contributed by atoms with Crippen molar-refractivity contribution in [3.05, 3.63) is 5.82 Å². The molecule has 0 aromatic carbocycles. The van der Waals surface area contributed by atoms with Crippen LogP contribution in [0.4, 0.5) is 5.13 Å². The zero-order chi connectivity index (χ0) is 11.5. The molecule has 1 aromatic heterocycles. The SMILES string of the molecule is CC(C)c1nsc(N2CCC(CBr)CC2)n1. The van der Waals surface area contributed by atoms with E-state index in [0.29, 0.717) is 5.92 Å². The van der Waals surface area contributed by atoms with Crippen molar-refractivity contribution in [1.29, 1.82) is 0 Å². The minimum Gasteiger partial charge on any atom is -0.347 e. The van der Waals surface area contributed by atoms with Crippen LogP contribution < -0.4 is 4.90 Å². The van der Waals surface area contributed by atoms with Gasteiger partial charge in [0.1, 0.15) is 5.82 Å². The van der Waals surface area contributed by atoms with E-state index in [1.807, 2.05) is 0 Å². The third kappa shape index (κ3) is 2.74. The molecule has 0 bridgehead atoms. The fraction of sp³-hybridized carbons (Fsp3) is 0.818. The Bertz CT molecular complexity index is 332. The highest BCUT2D eigenvalue weighted by atomic mass is 79.9. The first-order valence-corrected chi connectivity index (χ1v) is 7.74. The van der Waals surface area contributed by atoms with E-state index in [9.17, 15) is 0 Å². The van der Waals surface area contributed by atoms with Gasteiger partial charge in [0.2, 0.25) is 5.13 Å². The highest BCUT2D eigenvalue weighted by molar-refractivity contribution is 9.09. The molecule has 1 saturated heterocycles. The lowest BCUT2D eigenvalue weighted by atomic mass is 10.00. The van der Waals surface area contributed by atoms with Crippen LogP contribution in [0.1, 0.15) is 38.4 Å². The van der Waals surface area contributed by atoms with Gasteiger partial charge in [-0.3, -0.25) is 0 Å². The first-order chi connectivity index (χ1) is 7.70. The van der Waals surface area contributed by atoms with Crippen LogP contribution in [0.5, 0.6) is 0 Å². The molecule has 1 aromatic rings. The predicted octanol–water partition coefficient (Wildman–Crippen LogP) is 3.27. The molecule has 1 aliphatic rings. The molecule has 2 heterocycles. The van der Waals surface area contributed by atoms with E-state index in [2.05, 4.69) is 44.0 Å².